The van der Waals surface area contributed by atoms with Gasteiger partial charge in [-0.2, -0.15) is 9.97 Å². The molecule has 3 N–H and O–H groups in total. The molecule has 1 aromatic heterocycles. The second-order valence-electron chi connectivity index (χ2n) is 15.3. The first kappa shape index (κ1) is 31.8. The molecule has 2 bridgehead atoms. The first-order valence-corrected chi connectivity index (χ1v) is 17.0. The molecule has 2 aromatic rings. The van der Waals surface area contributed by atoms with Crippen molar-refractivity contribution < 1.29 is 29.2 Å². The number of amides is 1. The van der Waals surface area contributed by atoms with Gasteiger partial charge in [0.25, 0.3) is 0 Å². The minimum absolute atomic E-state index is 0.120. The van der Waals surface area contributed by atoms with Crippen molar-refractivity contribution >= 4 is 23.5 Å². The Kier molecular flexibility index (Phi) is 7.74. The number of rotatable bonds is 7. The van der Waals surface area contributed by atoms with Gasteiger partial charge in [-0.15, -0.1) is 0 Å². The highest BCUT2D eigenvalue weighted by molar-refractivity contribution is 6.31. The lowest BCUT2D eigenvalue weighted by molar-refractivity contribution is 0.00503. The maximum absolute atomic E-state index is 14.6. The summed E-state index contributed by atoms with van der Waals surface area (Å²) >= 11 is 6.51. The van der Waals surface area contributed by atoms with Crippen molar-refractivity contribution in [3.05, 3.63) is 45.6 Å². The fourth-order valence-electron chi connectivity index (χ4n) is 9.39. The predicted molar refractivity (Wildman–Crippen MR) is 171 cm³/mol. The number of alkyl halides is 1. The molecule has 5 aliphatic rings. The van der Waals surface area contributed by atoms with E-state index in [4.69, 9.17) is 26.3 Å². The van der Waals surface area contributed by atoms with Crippen LogP contribution in [-0.2, 0) is 25.0 Å². The molecule has 1 amide bonds. The molecule has 3 unspecified atom stereocenters. The summed E-state index contributed by atoms with van der Waals surface area (Å²) in [7, 11) is 0. The number of benzene rings is 1. The molecule has 4 aliphatic heterocycles. The van der Waals surface area contributed by atoms with Crippen LogP contribution in [0.3, 0.4) is 0 Å². The zero-order chi connectivity index (χ0) is 32.6. The number of halogens is 2. The molecule has 0 spiro atoms. The Hall–Kier alpha value is -2.73. The summed E-state index contributed by atoms with van der Waals surface area (Å²) in [6, 6.07) is 5.44. The molecule has 46 heavy (non-hydrogen) atoms. The number of aromatic nitrogens is 2. The van der Waals surface area contributed by atoms with E-state index in [1.54, 1.807) is 4.90 Å². The number of carboxylic acid groups (broad SMARTS) is 1. The SMILES string of the molecule is CC(C)(C)C12CCC(CN(c3nc(OC[C@@]45CCCN4C[C@H](F)C5)nc(CC4(O)CCc5c(Cl)cccc54)c3CO)C1)N2C(=O)O. The van der Waals surface area contributed by atoms with Crippen LogP contribution in [0.4, 0.5) is 15.0 Å². The molecule has 1 aliphatic carbocycles. The smallest absolute Gasteiger partial charge is 0.408 e. The van der Waals surface area contributed by atoms with Crippen LogP contribution in [0.25, 0.3) is 0 Å². The lowest BCUT2D eigenvalue weighted by atomic mass is 9.71. The monoisotopic (exact) mass is 657 g/mol. The number of carbonyl (C=O) groups is 1. The topological polar surface area (TPSA) is 122 Å². The molecule has 5 atom stereocenters. The van der Waals surface area contributed by atoms with Crippen molar-refractivity contribution in [1.29, 1.82) is 0 Å². The molecular weight excluding hydrogens is 613 g/mol. The number of hydrogen-bond donors (Lipinski definition) is 3. The number of fused-ring (bicyclic) bond motifs is 4. The van der Waals surface area contributed by atoms with Gasteiger partial charge in [0.15, 0.2) is 0 Å². The highest BCUT2D eigenvalue weighted by Crippen LogP contribution is 2.51. The molecule has 250 valence electrons. The van der Waals surface area contributed by atoms with Crippen molar-refractivity contribution in [2.45, 2.75) is 108 Å². The maximum Gasteiger partial charge on any atom is 0.408 e. The maximum atomic E-state index is 14.6. The number of anilines is 1. The van der Waals surface area contributed by atoms with Crippen LogP contribution in [0.15, 0.2) is 18.2 Å². The summed E-state index contributed by atoms with van der Waals surface area (Å²) in [5.74, 6) is 0.497. The molecule has 10 nitrogen and oxygen atoms in total. The van der Waals surface area contributed by atoms with Gasteiger partial charge in [0.2, 0.25) is 0 Å². The molecule has 4 fully saturated rings. The summed E-state index contributed by atoms with van der Waals surface area (Å²) in [6.45, 7) is 8.16. The van der Waals surface area contributed by atoms with Crippen molar-refractivity contribution in [2.75, 3.05) is 37.7 Å². The van der Waals surface area contributed by atoms with E-state index >= 15 is 0 Å². The van der Waals surface area contributed by atoms with Gasteiger partial charge in [-0.3, -0.25) is 9.80 Å². The van der Waals surface area contributed by atoms with Crippen molar-refractivity contribution in [1.82, 2.24) is 19.8 Å². The largest absolute Gasteiger partial charge is 0.465 e. The Morgan fingerprint density at radius 3 is 2.74 bits per heavy atom. The van der Waals surface area contributed by atoms with E-state index in [1.165, 1.54) is 0 Å². The van der Waals surface area contributed by atoms with Gasteiger partial charge in [0.1, 0.15) is 18.6 Å². The highest BCUT2D eigenvalue weighted by Gasteiger charge is 2.59. The molecule has 0 saturated carbocycles. The van der Waals surface area contributed by atoms with Gasteiger partial charge in [-0.25, -0.2) is 9.18 Å². The van der Waals surface area contributed by atoms with Crippen LogP contribution >= 0.6 is 11.6 Å². The van der Waals surface area contributed by atoms with Gasteiger partial charge in [-0.05, 0) is 67.7 Å². The molecule has 7 rings (SSSR count). The Labute approximate surface area is 274 Å². The zero-order valence-electron chi connectivity index (χ0n) is 26.9. The van der Waals surface area contributed by atoms with Gasteiger partial charge >= 0.3 is 12.1 Å². The second kappa shape index (κ2) is 11.2. The first-order chi connectivity index (χ1) is 21.8. The summed E-state index contributed by atoms with van der Waals surface area (Å²) in [5.41, 5.74) is -0.0461. The third kappa shape index (κ3) is 4.95. The number of piperazine rings is 1. The van der Waals surface area contributed by atoms with Crippen LogP contribution in [-0.4, -0.2) is 97.3 Å². The Morgan fingerprint density at radius 1 is 1.20 bits per heavy atom. The summed E-state index contributed by atoms with van der Waals surface area (Å²) in [4.78, 5) is 28.2. The van der Waals surface area contributed by atoms with Crippen LogP contribution in [0.2, 0.25) is 5.02 Å². The van der Waals surface area contributed by atoms with E-state index < -0.39 is 28.9 Å². The van der Waals surface area contributed by atoms with E-state index in [0.717, 1.165) is 43.4 Å². The van der Waals surface area contributed by atoms with E-state index in [2.05, 4.69) is 30.6 Å². The molecular formula is C34H45ClFN5O5. The van der Waals surface area contributed by atoms with E-state index in [-0.39, 0.29) is 37.1 Å². The second-order valence-corrected chi connectivity index (χ2v) is 15.7. The van der Waals surface area contributed by atoms with Crippen LogP contribution in [0.5, 0.6) is 6.01 Å². The van der Waals surface area contributed by atoms with Crippen molar-refractivity contribution in [3.8, 4) is 6.01 Å². The van der Waals surface area contributed by atoms with Crippen molar-refractivity contribution in [2.24, 2.45) is 5.41 Å². The molecule has 12 heteroatoms. The number of ether oxygens (including phenoxy) is 1. The summed E-state index contributed by atoms with van der Waals surface area (Å²) in [6.07, 6.45) is 3.06. The number of hydrogen-bond acceptors (Lipinski definition) is 8. The quantitative estimate of drug-likeness (QED) is 0.389. The lowest BCUT2D eigenvalue weighted by Crippen LogP contribution is -2.68. The van der Waals surface area contributed by atoms with E-state index in [9.17, 15) is 24.5 Å². The predicted octanol–water partition coefficient (Wildman–Crippen LogP) is 4.70. The third-order valence-corrected chi connectivity index (χ3v) is 12.2. The zero-order valence-corrected chi connectivity index (χ0v) is 27.7. The summed E-state index contributed by atoms with van der Waals surface area (Å²) < 4.78 is 20.9. The van der Waals surface area contributed by atoms with E-state index in [0.29, 0.717) is 61.0 Å². The Morgan fingerprint density at radius 2 is 2.00 bits per heavy atom. The molecule has 0 radical (unpaired) electrons. The first-order valence-electron chi connectivity index (χ1n) is 16.6. The van der Waals surface area contributed by atoms with Crippen LogP contribution in [0.1, 0.15) is 81.7 Å². The fraction of sp³-hybridized carbons (Fsp3) is 0.676. The standard InChI is InChI=1S/C34H45ClFN5O5/c1-31(2,3)34-12-8-22(41(34)30(43)44)17-39(19-34)28-24(18-42)27(15-33(45)11-9-23-25(33)6-4-7-26(23)35)37-29(38-28)46-20-32-10-5-13-40(32)16-21(36)14-32/h4,6-7,21-22,42,45H,5,8-20H2,1-3H3,(H,43,44)/t21-,22?,32+,33?,34?/m1/s1. The van der Waals surface area contributed by atoms with Gasteiger partial charge in [0, 0.05) is 43.1 Å². The number of aliphatic hydroxyl groups is 2. The molecule has 5 heterocycles. The average molecular weight is 658 g/mol. The lowest BCUT2D eigenvalue weighted by Gasteiger charge is -2.54. The molecule has 1 aromatic carbocycles. The van der Waals surface area contributed by atoms with Crippen molar-refractivity contribution in [3.63, 3.8) is 0 Å². The van der Waals surface area contributed by atoms with Gasteiger partial charge in [-0.1, -0.05) is 44.5 Å². The van der Waals surface area contributed by atoms with E-state index in [1.807, 2.05) is 18.2 Å². The minimum atomic E-state index is -1.26. The summed E-state index contributed by atoms with van der Waals surface area (Å²) in [5, 5.41) is 33.8. The third-order valence-electron chi connectivity index (χ3n) is 11.8. The number of nitrogens with zero attached hydrogens (tertiary/aromatic N) is 5. The highest BCUT2D eigenvalue weighted by atomic mass is 35.5. The fourth-order valence-corrected chi connectivity index (χ4v) is 9.66. The van der Waals surface area contributed by atoms with Gasteiger partial charge < -0.3 is 25.0 Å². The minimum Gasteiger partial charge on any atom is -0.465 e. The number of aliphatic hydroxyl groups excluding tert-OH is 1. The normalized spacial score (nSPS) is 32.2. The average Bonchev–Trinajstić information content (AvgIpc) is 3.69. The molecule has 4 saturated heterocycles. The van der Waals surface area contributed by atoms with Gasteiger partial charge in [0.05, 0.1) is 35.0 Å². The van der Waals surface area contributed by atoms with Crippen LogP contribution < -0.4 is 9.64 Å². The van der Waals surface area contributed by atoms with Crippen LogP contribution in [0, 0.1) is 5.41 Å². The Balaban J connectivity index is 1.29. The Bertz CT molecular complexity index is 1540.